The van der Waals surface area contributed by atoms with Crippen LogP contribution in [0.2, 0.25) is 5.02 Å². The largest absolute Gasteiger partial charge is 0.494 e. The van der Waals surface area contributed by atoms with Gasteiger partial charge in [0, 0.05) is 5.02 Å². The summed E-state index contributed by atoms with van der Waals surface area (Å²) < 4.78 is 39.4. The molecule has 0 spiro atoms. The van der Waals surface area contributed by atoms with Gasteiger partial charge < -0.3 is 9.47 Å². The minimum absolute atomic E-state index is 0.0708. The number of amides is 1. The first-order valence-electron chi connectivity index (χ1n) is 11.7. The molecule has 4 aromatic rings. The van der Waals surface area contributed by atoms with Gasteiger partial charge in [0.15, 0.2) is 6.10 Å². The van der Waals surface area contributed by atoms with E-state index in [1.165, 1.54) is 43.3 Å². The van der Waals surface area contributed by atoms with Crippen LogP contribution < -0.4 is 13.8 Å². The van der Waals surface area contributed by atoms with Crippen LogP contribution in [-0.4, -0.2) is 27.0 Å². The summed E-state index contributed by atoms with van der Waals surface area (Å²) in [4.78, 5) is 13.5. The number of halogens is 1. The molecule has 0 saturated carbocycles. The second-order valence-corrected chi connectivity index (χ2v) is 10.4. The van der Waals surface area contributed by atoms with Gasteiger partial charge in [-0.05, 0) is 85.6 Å². The fraction of sp³-hybridized carbons (Fsp3) is 0.138. The van der Waals surface area contributed by atoms with Gasteiger partial charge in [-0.15, -0.1) is 0 Å². The number of sulfonamides is 1. The fourth-order valence-corrected chi connectivity index (χ4v) is 5.32. The minimum Gasteiger partial charge on any atom is -0.494 e. The van der Waals surface area contributed by atoms with Crippen molar-refractivity contribution in [3.63, 3.8) is 0 Å². The number of anilines is 1. The zero-order valence-electron chi connectivity index (χ0n) is 20.4. The Morgan fingerprint density at radius 1 is 0.811 bits per heavy atom. The van der Waals surface area contributed by atoms with Crippen molar-refractivity contribution < 1.29 is 22.7 Å². The quantitative estimate of drug-likeness (QED) is 0.241. The Balaban J connectivity index is 1.63. The third-order valence-electron chi connectivity index (χ3n) is 5.56. The van der Waals surface area contributed by atoms with Gasteiger partial charge in [0.2, 0.25) is 0 Å². The SMILES string of the molecule is CCOc1ccc(N(C(=O)C(C)Oc2ccc(-c3ccccc3)cc2)S(=O)(=O)c2ccc(Cl)cc2)cc1. The molecule has 0 aliphatic heterocycles. The van der Waals surface area contributed by atoms with Crippen LogP contribution in [0, 0.1) is 0 Å². The van der Waals surface area contributed by atoms with Crippen molar-refractivity contribution in [3.8, 4) is 22.6 Å². The number of rotatable bonds is 9. The summed E-state index contributed by atoms with van der Waals surface area (Å²) in [5.74, 6) is 0.257. The van der Waals surface area contributed by atoms with Crippen molar-refractivity contribution in [1.82, 2.24) is 0 Å². The Hall–Kier alpha value is -3.81. The molecule has 0 bridgehead atoms. The van der Waals surface area contributed by atoms with E-state index in [-0.39, 0.29) is 10.6 Å². The zero-order chi connectivity index (χ0) is 26.4. The summed E-state index contributed by atoms with van der Waals surface area (Å²) in [6.07, 6.45) is -1.10. The molecule has 4 aromatic carbocycles. The van der Waals surface area contributed by atoms with Crippen LogP contribution in [0.5, 0.6) is 11.5 Å². The molecule has 1 amide bonds. The van der Waals surface area contributed by atoms with E-state index >= 15 is 0 Å². The third-order valence-corrected chi connectivity index (χ3v) is 7.55. The van der Waals surface area contributed by atoms with E-state index in [0.717, 1.165) is 15.4 Å². The highest BCUT2D eigenvalue weighted by Crippen LogP contribution is 2.29. The van der Waals surface area contributed by atoms with Crippen molar-refractivity contribution in [2.24, 2.45) is 0 Å². The van der Waals surface area contributed by atoms with Crippen molar-refractivity contribution in [3.05, 3.63) is 108 Å². The molecule has 0 aromatic heterocycles. The highest BCUT2D eigenvalue weighted by molar-refractivity contribution is 7.93. The summed E-state index contributed by atoms with van der Waals surface area (Å²) in [6, 6.07) is 29.1. The van der Waals surface area contributed by atoms with E-state index in [1.54, 1.807) is 24.3 Å². The number of hydrogen-bond donors (Lipinski definition) is 0. The predicted molar refractivity (Wildman–Crippen MR) is 146 cm³/mol. The Morgan fingerprint density at radius 2 is 1.38 bits per heavy atom. The summed E-state index contributed by atoms with van der Waals surface area (Å²) in [5, 5.41) is 0.383. The Bertz CT molecular complexity index is 1440. The Kier molecular flexibility index (Phi) is 8.16. The van der Waals surface area contributed by atoms with Crippen molar-refractivity contribution in [2.75, 3.05) is 10.9 Å². The Labute approximate surface area is 222 Å². The molecule has 190 valence electrons. The van der Waals surface area contributed by atoms with E-state index in [2.05, 4.69) is 0 Å². The molecule has 1 atom stereocenters. The van der Waals surface area contributed by atoms with Gasteiger partial charge in [-0.25, -0.2) is 8.42 Å². The summed E-state index contributed by atoms with van der Waals surface area (Å²) >= 11 is 5.95. The maximum atomic E-state index is 13.6. The maximum Gasteiger partial charge on any atom is 0.281 e. The number of ether oxygens (including phenoxy) is 2. The molecule has 6 nitrogen and oxygen atoms in total. The molecule has 37 heavy (non-hydrogen) atoms. The second kappa shape index (κ2) is 11.5. The first-order chi connectivity index (χ1) is 17.8. The third kappa shape index (κ3) is 6.13. The molecule has 0 radical (unpaired) electrons. The minimum atomic E-state index is -4.27. The lowest BCUT2D eigenvalue weighted by molar-refractivity contribution is -0.123. The second-order valence-electron chi connectivity index (χ2n) is 8.14. The van der Waals surface area contributed by atoms with Gasteiger partial charge in [-0.2, -0.15) is 4.31 Å². The van der Waals surface area contributed by atoms with Crippen molar-refractivity contribution in [2.45, 2.75) is 24.8 Å². The summed E-state index contributed by atoms with van der Waals surface area (Å²) in [5.41, 5.74) is 2.21. The van der Waals surface area contributed by atoms with Crippen LogP contribution in [0.15, 0.2) is 108 Å². The van der Waals surface area contributed by atoms with E-state index in [0.29, 0.717) is 23.1 Å². The molecular formula is C29H26ClNO5S. The molecule has 0 heterocycles. The van der Waals surface area contributed by atoms with Gasteiger partial charge in [-0.3, -0.25) is 4.79 Å². The average Bonchev–Trinajstić information content (AvgIpc) is 2.91. The summed E-state index contributed by atoms with van der Waals surface area (Å²) in [6.45, 7) is 3.82. The van der Waals surface area contributed by atoms with Crippen molar-refractivity contribution >= 4 is 33.2 Å². The lowest BCUT2D eigenvalue weighted by atomic mass is 10.1. The molecule has 0 N–H and O–H groups in total. The molecule has 0 aliphatic rings. The smallest absolute Gasteiger partial charge is 0.281 e. The van der Waals surface area contributed by atoms with Crippen molar-refractivity contribution in [1.29, 1.82) is 0 Å². The Morgan fingerprint density at radius 3 is 1.97 bits per heavy atom. The maximum absolute atomic E-state index is 13.6. The van der Waals surface area contributed by atoms with Crippen LogP contribution in [0.3, 0.4) is 0 Å². The van der Waals surface area contributed by atoms with Crippen LogP contribution >= 0.6 is 11.6 Å². The lowest BCUT2D eigenvalue weighted by Gasteiger charge is -2.26. The molecular weight excluding hydrogens is 510 g/mol. The molecule has 0 fully saturated rings. The standard InChI is InChI=1S/C29H26ClNO5S/c1-3-35-26-17-13-25(14-18-26)31(37(33,34)28-19-11-24(30)12-20-28)29(32)21(2)36-27-15-9-23(10-16-27)22-7-5-4-6-8-22/h4-21H,3H2,1-2H3. The highest BCUT2D eigenvalue weighted by Gasteiger charge is 2.35. The predicted octanol–water partition coefficient (Wildman–Crippen LogP) is 6.60. The molecule has 4 rings (SSSR count). The van der Waals surface area contributed by atoms with E-state index < -0.39 is 22.0 Å². The van der Waals surface area contributed by atoms with Crippen LogP contribution in [0.4, 0.5) is 5.69 Å². The van der Waals surface area contributed by atoms with Crippen LogP contribution in [0.1, 0.15) is 13.8 Å². The van der Waals surface area contributed by atoms with Gasteiger partial charge in [0.05, 0.1) is 17.2 Å². The number of hydrogen-bond acceptors (Lipinski definition) is 5. The summed E-state index contributed by atoms with van der Waals surface area (Å²) in [7, 11) is -4.27. The number of nitrogens with zero attached hydrogens (tertiary/aromatic N) is 1. The van der Waals surface area contributed by atoms with E-state index in [9.17, 15) is 13.2 Å². The zero-order valence-corrected chi connectivity index (χ0v) is 21.9. The number of carbonyl (C=O) groups excluding carboxylic acids is 1. The first-order valence-corrected chi connectivity index (χ1v) is 13.5. The average molecular weight is 536 g/mol. The number of benzene rings is 4. The number of carbonyl (C=O) groups is 1. The molecule has 0 saturated heterocycles. The van der Waals surface area contributed by atoms with E-state index in [4.69, 9.17) is 21.1 Å². The molecule has 0 aliphatic carbocycles. The molecule has 8 heteroatoms. The van der Waals surface area contributed by atoms with Gasteiger partial charge in [0.1, 0.15) is 11.5 Å². The van der Waals surface area contributed by atoms with Gasteiger partial charge >= 0.3 is 0 Å². The lowest BCUT2D eigenvalue weighted by Crippen LogP contribution is -2.44. The molecule has 1 unspecified atom stereocenters. The monoisotopic (exact) mass is 535 g/mol. The van der Waals surface area contributed by atoms with E-state index in [1.807, 2.05) is 49.4 Å². The van der Waals surface area contributed by atoms with Crippen LogP contribution in [-0.2, 0) is 14.8 Å². The van der Waals surface area contributed by atoms with Gasteiger partial charge in [-0.1, -0.05) is 54.1 Å². The topological polar surface area (TPSA) is 72.9 Å². The first kappa shape index (κ1) is 26.3. The highest BCUT2D eigenvalue weighted by atomic mass is 35.5. The van der Waals surface area contributed by atoms with Gasteiger partial charge in [0.25, 0.3) is 15.9 Å². The normalized spacial score (nSPS) is 12.0. The van der Waals surface area contributed by atoms with Crippen LogP contribution in [0.25, 0.3) is 11.1 Å². The fourth-order valence-electron chi connectivity index (χ4n) is 3.72.